The molecule has 146 valence electrons. The Kier molecular flexibility index (Phi) is 5.91. The van der Waals surface area contributed by atoms with E-state index >= 15 is 0 Å². The Labute approximate surface area is 164 Å². The second-order valence-corrected chi connectivity index (χ2v) is 8.52. The van der Waals surface area contributed by atoms with Crippen LogP contribution in [0.3, 0.4) is 0 Å². The van der Waals surface area contributed by atoms with Gasteiger partial charge in [-0.3, -0.25) is 0 Å². The van der Waals surface area contributed by atoms with Crippen molar-refractivity contribution in [1.29, 1.82) is 0 Å². The molecule has 0 saturated carbocycles. The van der Waals surface area contributed by atoms with Crippen LogP contribution in [0.15, 0.2) is 65.7 Å². The third kappa shape index (κ3) is 5.28. The molecule has 1 heterocycles. The van der Waals surface area contributed by atoms with Gasteiger partial charge in [0.15, 0.2) is 9.84 Å². The third-order valence-electron chi connectivity index (χ3n) is 4.08. The first-order valence-corrected chi connectivity index (χ1v) is 10.6. The first-order chi connectivity index (χ1) is 13.3. The molecular weight excluding hydrogens is 376 g/mol. The molecule has 0 aliphatic carbocycles. The third-order valence-corrected chi connectivity index (χ3v) is 5.19. The minimum absolute atomic E-state index is 0.216. The monoisotopic (exact) mass is 398 g/mol. The van der Waals surface area contributed by atoms with Crippen molar-refractivity contribution in [3.05, 3.63) is 71.9 Å². The van der Waals surface area contributed by atoms with E-state index in [-0.39, 0.29) is 4.90 Å². The maximum Gasteiger partial charge on any atom is 0.229 e. The number of nitrogens with one attached hydrogen (secondary N) is 2. The molecule has 0 aliphatic heterocycles. The standard InChI is InChI=1S/C20H22N4O3S/c1-14-5-3-6-15(11-14)18(25)13-22-19-9-10-21-20(24-19)23-16-7-4-8-17(12-16)28(2,26)27/h3-12,18,25H,13H2,1-2H3,(H2,21,22,23,24). The molecule has 3 N–H and O–H groups in total. The molecule has 0 fully saturated rings. The number of anilines is 3. The van der Waals surface area contributed by atoms with Crippen LogP contribution in [0.4, 0.5) is 17.5 Å². The number of aryl methyl sites for hydroxylation is 1. The molecule has 1 aromatic heterocycles. The van der Waals surface area contributed by atoms with Crippen LogP contribution in [0.5, 0.6) is 0 Å². The number of hydrogen-bond acceptors (Lipinski definition) is 7. The van der Waals surface area contributed by atoms with Gasteiger partial charge in [-0.25, -0.2) is 13.4 Å². The second-order valence-electron chi connectivity index (χ2n) is 6.50. The topological polar surface area (TPSA) is 104 Å². The molecule has 3 aromatic rings. The number of rotatable bonds is 7. The highest BCUT2D eigenvalue weighted by atomic mass is 32.2. The van der Waals surface area contributed by atoms with E-state index in [1.165, 1.54) is 12.1 Å². The normalized spacial score (nSPS) is 12.4. The zero-order valence-corrected chi connectivity index (χ0v) is 16.4. The van der Waals surface area contributed by atoms with Crippen molar-refractivity contribution in [2.24, 2.45) is 0 Å². The molecule has 3 rings (SSSR count). The van der Waals surface area contributed by atoms with E-state index in [1.54, 1.807) is 24.4 Å². The molecule has 2 aromatic carbocycles. The quantitative estimate of drug-likeness (QED) is 0.562. The van der Waals surface area contributed by atoms with Gasteiger partial charge in [-0.05, 0) is 36.8 Å². The van der Waals surface area contributed by atoms with Crippen LogP contribution in [0, 0.1) is 6.92 Å². The Morgan fingerprint density at radius 3 is 2.64 bits per heavy atom. The lowest BCUT2D eigenvalue weighted by Crippen LogP contribution is -2.13. The number of aliphatic hydroxyl groups is 1. The summed E-state index contributed by atoms with van der Waals surface area (Å²) >= 11 is 0. The van der Waals surface area contributed by atoms with Crippen LogP contribution in [0.2, 0.25) is 0 Å². The maximum absolute atomic E-state index is 11.7. The molecule has 28 heavy (non-hydrogen) atoms. The van der Waals surface area contributed by atoms with E-state index in [4.69, 9.17) is 0 Å². The zero-order chi connectivity index (χ0) is 20.1. The summed E-state index contributed by atoms with van der Waals surface area (Å²) in [5, 5.41) is 16.4. The van der Waals surface area contributed by atoms with E-state index in [1.807, 2.05) is 31.2 Å². The van der Waals surface area contributed by atoms with E-state index < -0.39 is 15.9 Å². The smallest absolute Gasteiger partial charge is 0.229 e. The summed E-state index contributed by atoms with van der Waals surface area (Å²) < 4.78 is 23.4. The fraction of sp³-hybridized carbons (Fsp3) is 0.200. The summed E-state index contributed by atoms with van der Waals surface area (Å²) in [6.45, 7) is 2.27. The molecular formula is C20H22N4O3S. The highest BCUT2D eigenvalue weighted by molar-refractivity contribution is 7.90. The van der Waals surface area contributed by atoms with Gasteiger partial charge in [0.1, 0.15) is 5.82 Å². The van der Waals surface area contributed by atoms with Crippen molar-refractivity contribution in [1.82, 2.24) is 9.97 Å². The van der Waals surface area contributed by atoms with Gasteiger partial charge in [-0.2, -0.15) is 4.98 Å². The Balaban J connectivity index is 1.67. The number of hydrogen-bond donors (Lipinski definition) is 3. The van der Waals surface area contributed by atoms with Crippen molar-refractivity contribution in [2.75, 3.05) is 23.4 Å². The van der Waals surface area contributed by atoms with Gasteiger partial charge in [-0.1, -0.05) is 35.9 Å². The van der Waals surface area contributed by atoms with Crippen LogP contribution in [0.1, 0.15) is 17.2 Å². The molecule has 8 heteroatoms. The van der Waals surface area contributed by atoms with Gasteiger partial charge < -0.3 is 15.7 Å². The van der Waals surface area contributed by atoms with Crippen LogP contribution >= 0.6 is 0 Å². The van der Waals surface area contributed by atoms with Crippen molar-refractivity contribution >= 4 is 27.3 Å². The molecule has 0 amide bonds. The van der Waals surface area contributed by atoms with Crippen LogP contribution in [-0.2, 0) is 9.84 Å². The van der Waals surface area contributed by atoms with E-state index in [0.29, 0.717) is 24.0 Å². The Morgan fingerprint density at radius 2 is 1.89 bits per heavy atom. The number of aromatic nitrogens is 2. The molecule has 1 unspecified atom stereocenters. The Morgan fingerprint density at radius 1 is 1.11 bits per heavy atom. The fourth-order valence-corrected chi connectivity index (χ4v) is 3.31. The fourth-order valence-electron chi connectivity index (χ4n) is 2.65. The predicted octanol–water partition coefficient (Wildman–Crippen LogP) is 3.08. The van der Waals surface area contributed by atoms with E-state index in [9.17, 15) is 13.5 Å². The number of aliphatic hydroxyl groups excluding tert-OH is 1. The van der Waals surface area contributed by atoms with Crippen molar-refractivity contribution in [2.45, 2.75) is 17.9 Å². The summed E-state index contributed by atoms with van der Waals surface area (Å²) in [7, 11) is -3.29. The van der Waals surface area contributed by atoms with Gasteiger partial charge in [-0.15, -0.1) is 0 Å². The summed E-state index contributed by atoms with van der Waals surface area (Å²) in [4.78, 5) is 8.71. The zero-order valence-electron chi connectivity index (χ0n) is 15.6. The maximum atomic E-state index is 11.7. The Bertz CT molecular complexity index is 1070. The van der Waals surface area contributed by atoms with Gasteiger partial charge >= 0.3 is 0 Å². The molecule has 7 nitrogen and oxygen atoms in total. The van der Waals surface area contributed by atoms with Crippen molar-refractivity contribution in [3.63, 3.8) is 0 Å². The molecule has 0 radical (unpaired) electrons. The summed E-state index contributed by atoms with van der Waals surface area (Å²) in [5.41, 5.74) is 2.48. The molecule has 1 atom stereocenters. The molecule has 0 saturated heterocycles. The number of nitrogens with zero attached hydrogens (tertiary/aromatic N) is 2. The summed E-state index contributed by atoms with van der Waals surface area (Å²) in [5.74, 6) is 0.865. The molecule has 0 spiro atoms. The highest BCUT2D eigenvalue weighted by Gasteiger charge is 2.10. The van der Waals surface area contributed by atoms with Crippen LogP contribution in [-0.4, -0.2) is 36.3 Å². The minimum atomic E-state index is -3.29. The SMILES string of the molecule is Cc1cccc(C(O)CNc2ccnc(Nc3cccc(S(C)(=O)=O)c3)n2)c1. The van der Waals surface area contributed by atoms with Crippen LogP contribution in [0.25, 0.3) is 0 Å². The van der Waals surface area contributed by atoms with Crippen LogP contribution < -0.4 is 10.6 Å². The van der Waals surface area contributed by atoms with Gasteiger partial charge in [0.2, 0.25) is 5.95 Å². The van der Waals surface area contributed by atoms with Gasteiger partial charge in [0.05, 0.1) is 11.0 Å². The predicted molar refractivity (Wildman–Crippen MR) is 109 cm³/mol. The summed E-state index contributed by atoms with van der Waals surface area (Å²) in [6.07, 6.45) is 2.07. The Hall–Kier alpha value is -2.97. The van der Waals surface area contributed by atoms with Gasteiger partial charge in [0.25, 0.3) is 0 Å². The molecule has 0 aliphatic rings. The largest absolute Gasteiger partial charge is 0.387 e. The lowest BCUT2D eigenvalue weighted by atomic mass is 10.1. The lowest BCUT2D eigenvalue weighted by molar-refractivity contribution is 0.191. The second kappa shape index (κ2) is 8.37. The van der Waals surface area contributed by atoms with E-state index in [0.717, 1.165) is 17.4 Å². The lowest BCUT2D eigenvalue weighted by Gasteiger charge is -2.14. The van der Waals surface area contributed by atoms with E-state index in [2.05, 4.69) is 20.6 Å². The average Bonchev–Trinajstić information content (AvgIpc) is 2.66. The van der Waals surface area contributed by atoms with Crippen molar-refractivity contribution in [3.8, 4) is 0 Å². The number of sulfone groups is 1. The molecule has 0 bridgehead atoms. The summed E-state index contributed by atoms with van der Waals surface area (Å²) in [6, 6.07) is 15.8. The van der Waals surface area contributed by atoms with Crippen molar-refractivity contribution < 1.29 is 13.5 Å². The van der Waals surface area contributed by atoms with Gasteiger partial charge in [0, 0.05) is 24.7 Å². The first kappa shape index (κ1) is 19.8. The first-order valence-electron chi connectivity index (χ1n) is 8.70. The number of benzene rings is 2. The highest BCUT2D eigenvalue weighted by Crippen LogP contribution is 2.19. The average molecular weight is 398 g/mol. The minimum Gasteiger partial charge on any atom is -0.387 e.